The van der Waals surface area contributed by atoms with Crippen molar-refractivity contribution in [2.75, 3.05) is 44.7 Å². The summed E-state index contributed by atoms with van der Waals surface area (Å²) < 4.78 is 6.99. The van der Waals surface area contributed by atoms with Crippen LogP contribution in [0.1, 0.15) is 25.6 Å². The number of hydrogen-bond donors (Lipinski definition) is 1. The number of aromatic nitrogens is 2. The highest BCUT2D eigenvalue weighted by Crippen LogP contribution is 2.30. The van der Waals surface area contributed by atoms with Crippen LogP contribution in [-0.2, 0) is 4.74 Å². The molecule has 0 saturated carbocycles. The van der Waals surface area contributed by atoms with Crippen molar-refractivity contribution in [1.82, 2.24) is 14.7 Å². The Labute approximate surface area is 124 Å². The lowest BCUT2D eigenvalue weighted by Crippen LogP contribution is -2.39. The molecule has 21 heavy (non-hydrogen) atoms. The van der Waals surface area contributed by atoms with E-state index < -0.39 is 0 Å². The van der Waals surface area contributed by atoms with Crippen molar-refractivity contribution in [2.24, 2.45) is 0 Å². The quantitative estimate of drug-likeness (QED) is 0.631. The molecule has 0 atom stereocenters. The van der Waals surface area contributed by atoms with Gasteiger partial charge in [0.2, 0.25) is 5.82 Å². The van der Waals surface area contributed by atoms with Crippen LogP contribution in [0.3, 0.4) is 0 Å². The highest BCUT2D eigenvalue weighted by molar-refractivity contribution is 5.59. The van der Waals surface area contributed by atoms with Gasteiger partial charge in [0.1, 0.15) is 5.69 Å². The number of ether oxygens (including phenoxy) is 1. The molecule has 1 fully saturated rings. The van der Waals surface area contributed by atoms with E-state index in [1.165, 1.54) is 0 Å². The summed E-state index contributed by atoms with van der Waals surface area (Å²) in [6.07, 6.45) is 0. The van der Waals surface area contributed by atoms with Crippen LogP contribution >= 0.6 is 0 Å². The third-order valence-electron chi connectivity index (χ3n) is 3.55. The van der Waals surface area contributed by atoms with E-state index >= 15 is 0 Å². The van der Waals surface area contributed by atoms with Crippen LogP contribution in [0, 0.1) is 17.0 Å². The second kappa shape index (κ2) is 6.86. The molecular weight excluding hydrogens is 274 g/mol. The van der Waals surface area contributed by atoms with Gasteiger partial charge in [-0.15, -0.1) is 0 Å². The molecule has 2 rings (SSSR count). The Morgan fingerprint density at radius 3 is 2.67 bits per heavy atom. The Kier molecular flexibility index (Phi) is 5.13. The van der Waals surface area contributed by atoms with E-state index in [9.17, 15) is 10.1 Å². The summed E-state index contributed by atoms with van der Waals surface area (Å²) in [6, 6.07) is 0.0725. The van der Waals surface area contributed by atoms with Crippen molar-refractivity contribution < 1.29 is 9.66 Å². The Morgan fingerprint density at radius 1 is 1.43 bits per heavy atom. The molecule has 0 aliphatic carbocycles. The van der Waals surface area contributed by atoms with Crippen molar-refractivity contribution in [1.29, 1.82) is 0 Å². The number of nitrogens with one attached hydrogen (secondary N) is 1. The fraction of sp³-hybridized carbons (Fsp3) is 0.769. The fourth-order valence-electron chi connectivity index (χ4n) is 2.45. The van der Waals surface area contributed by atoms with E-state index in [4.69, 9.17) is 4.74 Å². The SMILES string of the molecule is Cc1nn(C(C)C)c(NCCN2CCOCC2)c1[N+](=O)[O-]. The molecule has 1 N–H and O–H groups in total. The first-order valence-electron chi connectivity index (χ1n) is 7.28. The molecule has 1 aromatic rings. The van der Waals surface area contributed by atoms with Gasteiger partial charge in [-0.25, -0.2) is 4.68 Å². The number of morpholine rings is 1. The van der Waals surface area contributed by atoms with Crippen LogP contribution < -0.4 is 5.32 Å². The Bertz CT molecular complexity index is 494. The molecule has 0 spiro atoms. The van der Waals surface area contributed by atoms with Crippen LogP contribution in [0.25, 0.3) is 0 Å². The molecule has 0 bridgehead atoms. The molecule has 0 unspecified atom stereocenters. The summed E-state index contributed by atoms with van der Waals surface area (Å²) in [7, 11) is 0. The molecule has 1 aliphatic heterocycles. The summed E-state index contributed by atoms with van der Waals surface area (Å²) in [6.45, 7) is 10.4. The number of nitrogens with zero attached hydrogens (tertiary/aromatic N) is 4. The fourth-order valence-corrected chi connectivity index (χ4v) is 2.45. The normalized spacial score (nSPS) is 16.4. The number of anilines is 1. The molecule has 2 heterocycles. The highest BCUT2D eigenvalue weighted by atomic mass is 16.6. The van der Waals surface area contributed by atoms with Crippen LogP contribution in [0.2, 0.25) is 0 Å². The molecule has 1 aliphatic rings. The molecule has 0 aromatic carbocycles. The number of aryl methyl sites for hydroxylation is 1. The first-order valence-corrected chi connectivity index (χ1v) is 7.28. The third kappa shape index (κ3) is 3.70. The zero-order valence-electron chi connectivity index (χ0n) is 12.8. The Balaban J connectivity index is 2.05. The first kappa shape index (κ1) is 15.7. The lowest BCUT2D eigenvalue weighted by molar-refractivity contribution is -0.384. The standard InChI is InChI=1S/C13H23N5O3/c1-10(2)17-13(12(18(19)20)11(3)15-17)14-4-5-16-6-8-21-9-7-16/h10,14H,4-9H2,1-3H3. The van der Waals surface area contributed by atoms with Crippen molar-refractivity contribution >= 4 is 11.5 Å². The van der Waals surface area contributed by atoms with Gasteiger partial charge in [-0.05, 0) is 20.8 Å². The maximum Gasteiger partial charge on any atom is 0.333 e. The summed E-state index contributed by atoms with van der Waals surface area (Å²) >= 11 is 0. The number of rotatable bonds is 6. The van der Waals surface area contributed by atoms with E-state index in [0.717, 1.165) is 32.8 Å². The van der Waals surface area contributed by atoms with Gasteiger partial charge in [-0.1, -0.05) is 0 Å². The van der Waals surface area contributed by atoms with Crippen LogP contribution in [-0.4, -0.2) is 59.0 Å². The van der Waals surface area contributed by atoms with E-state index in [0.29, 0.717) is 18.1 Å². The monoisotopic (exact) mass is 297 g/mol. The van der Waals surface area contributed by atoms with Crippen molar-refractivity contribution in [3.63, 3.8) is 0 Å². The van der Waals surface area contributed by atoms with E-state index in [1.54, 1.807) is 11.6 Å². The number of hydrogen-bond acceptors (Lipinski definition) is 6. The van der Waals surface area contributed by atoms with Gasteiger partial charge >= 0.3 is 5.69 Å². The van der Waals surface area contributed by atoms with Crippen molar-refractivity contribution in [3.8, 4) is 0 Å². The Morgan fingerprint density at radius 2 is 2.10 bits per heavy atom. The predicted molar refractivity (Wildman–Crippen MR) is 79.8 cm³/mol. The first-order chi connectivity index (χ1) is 10.0. The van der Waals surface area contributed by atoms with Gasteiger partial charge in [-0.3, -0.25) is 15.0 Å². The summed E-state index contributed by atoms with van der Waals surface area (Å²) in [5, 5.41) is 18.7. The minimum absolute atomic E-state index is 0.0725. The molecule has 8 heteroatoms. The molecule has 1 saturated heterocycles. The van der Waals surface area contributed by atoms with Gasteiger partial charge in [0.25, 0.3) is 0 Å². The third-order valence-corrected chi connectivity index (χ3v) is 3.55. The molecule has 1 aromatic heterocycles. The van der Waals surface area contributed by atoms with E-state index in [2.05, 4.69) is 15.3 Å². The highest BCUT2D eigenvalue weighted by Gasteiger charge is 2.26. The van der Waals surface area contributed by atoms with Gasteiger partial charge < -0.3 is 10.1 Å². The maximum atomic E-state index is 11.2. The summed E-state index contributed by atoms with van der Waals surface area (Å²) in [4.78, 5) is 13.1. The average molecular weight is 297 g/mol. The van der Waals surface area contributed by atoms with Gasteiger partial charge in [0.15, 0.2) is 0 Å². The van der Waals surface area contributed by atoms with Crippen molar-refractivity contribution in [2.45, 2.75) is 26.8 Å². The minimum atomic E-state index is -0.363. The maximum absolute atomic E-state index is 11.2. The van der Waals surface area contributed by atoms with Crippen LogP contribution in [0.15, 0.2) is 0 Å². The average Bonchev–Trinajstić information content (AvgIpc) is 2.77. The smallest absolute Gasteiger partial charge is 0.333 e. The van der Waals surface area contributed by atoms with E-state index in [-0.39, 0.29) is 16.7 Å². The topological polar surface area (TPSA) is 85.5 Å². The molecule has 0 amide bonds. The van der Waals surface area contributed by atoms with Gasteiger partial charge in [-0.2, -0.15) is 5.10 Å². The van der Waals surface area contributed by atoms with Gasteiger partial charge in [0, 0.05) is 32.2 Å². The van der Waals surface area contributed by atoms with Crippen molar-refractivity contribution in [3.05, 3.63) is 15.8 Å². The lowest BCUT2D eigenvalue weighted by Gasteiger charge is -2.26. The summed E-state index contributed by atoms with van der Waals surface area (Å²) in [5.74, 6) is 0.501. The zero-order valence-corrected chi connectivity index (χ0v) is 12.8. The Hall–Kier alpha value is -1.67. The van der Waals surface area contributed by atoms with Crippen LogP contribution in [0.5, 0.6) is 0 Å². The minimum Gasteiger partial charge on any atom is -0.379 e. The summed E-state index contributed by atoms with van der Waals surface area (Å²) in [5.41, 5.74) is 0.522. The second-order valence-electron chi connectivity index (χ2n) is 5.46. The zero-order chi connectivity index (χ0) is 15.4. The molecular formula is C13H23N5O3. The van der Waals surface area contributed by atoms with Gasteiger partial charge in [0.05, 0.1) is 18.1 Å². The molecule has 8 nitrogen and oxygen atoms in total. The van der Waals surface area contributed by atoms with Crippen LogP contribution in [0.4, 0.5) is 11.5 Å². The van der Waals surface area contributed by atoms with E-state index in [1.807, 2.05) is 13.8 Å². The predicted octanol–water partition coefficient (Wildman–Crippen LogP) is 1.42. The largest absolute Gasteiger partial charge is 0.379 e. The molecule has 118 valence electrons. The number of nitro groups is 1. The lowest BCUT2D eigenvalue weighted by atomic mass is 10.3. The molecule has 0 radical (unpaired) electrons. The second-order valence-corrected chi connectivity index (χ2v) is 5.46.